The Morgan fingerprint density at radius 1 is 1.09 bits per heavy atom. The zero-order valence-corrected chi connectivity index (χ0v) is 19.5. The molecule has 2 aromatic carbocycles. The minimum atomic E-state index is -3.99. The number of sulfonamides is 1. The number of urea groups is 1. The van der Waals surface area contributed by atoms with E-state index in [0.29, 0.717) is 16.6 Å². The summed E-state index contributed by atoms with van der Waals surface area (Å²) in [5.41, 5.74) is 1.92. The summed E-state index contributed by atoms with van der Waals surface area (Å²) in [6, 6.07) is 11.6. The summed E-state index contributed by atoms with van der Waals surface area (Å²) < 4.78 is 27.6. The molecule has 10 nitrogen and oxygen atoms in total. The molecule has 1 aliphatic heterocycles. The van der Waals surface area contributed by atoms with Crippen molar-refractivity contribution in [2.75, 3.05) is 17.2 Å². The Morgan fingerprint density at radius 2 is 1.85 bits per heavy atom. The number of aromatic nitrogens is 2. The Labute approximate surface area is 197 Å². The molecule has 1 aliphatic rings. The average molecular weight is 498 g/mol. The second-order valence-corrected chi connectivity index (χ2v) is 11.0. The number of thiophene rings is 1. The highest BCUT2D eigenvalue weighted by Gasteiger charge is 2.20. The molecule has 0 spiro atoms. The molecule has 4 N–H and O–H groups in total. The van der Waals surface area contributed by atoms with Crippen molar-refractivity contribution in [1.82, 2.24) is 14.3 Å². The van der Waals surface area contributed by atoms with Gasteiger partial charge in [0.2, 0.25) is 0 Å². The van der Waals surface area contributed by atoms with Crippen molar-refractivity contribution in [3.8, 4) is 5.69 Å². The van der Waals surface area contributed by atoms with Crippen LogP contribution in [0.15, 0.2) is 62.3 Å². The van der Waals surface area contributed by atoms with Crippen molar-refractivity contribution >= 4 is 49.7 Å². The number of nitrogens with zero attached hydrogens (tertiary/aromatic N) is 1. The van der Waals surface area contributed by atoms with Crippen LogP contribution in [0.25, 0.3) is 16.6 Å². The van der Waals surface area contributed by atoms with E-state index in [1.807, 2.05) is 4.72 Å². The van der Waals surface area contributed by atoms with Crippen LogP contribution in [0.3, 0.4) is 0 Å². The Morgan fingerprint density at radius 3 is 2.56 bits per heavy atom. The number of nitrogens with one attached hydrogen (secondary N) is 4. The van der Waals surface area contributed by atoms with Crippen LogP contribution in [0.5, 0.6) is 0 Å². The van der Waals surface area contributed by atoms with Crippen LogP contribution in [0, 0.1) is 6.92 Å². The van der Waals surface area contributed by atoms with Crippen LogP contribution < -0.4 is 26.6 Å². The van der Waals surface area contributed by atoms with Gasteiger partial charge in [0, 0.05) is 22.8 Å². The molecule has 0 bridgehead atoms. The van der Waals surface area contributed by atoms with Crippen molar-refractivity contribution in [3.63, 3.8) is 0 Å². The lowest BCUT2D eigenvalue weighted by molar-refractivity contribution is 0.256. The number of hydrogen-bond acceptors (Lipinski definition) is 7. The molecule has 4 aromatic rings. The van der Waals surface area contributed by atoms with Crippen LogP contribution in [0.4, 0.5) is 16.2 Å². The van der Waals surface area contributed by atoms with Crippen molar-refractivity contribution in [2.45, 2.75) is 17.6 Å². The van der Waals surface area contributed by atoms with E-state index < -0.39 is 27.3 Å². The number of rotatable bonds is 4. The number of H-pyrrole nitrogens is 1. The molecule has 2 amide bonds. The fourth-order valence-corrected chi connectivity index (χ4v) is 6.02. The van der Waals surface area contributed by atoms with Crippen LogP contribution in [-0.2, 0) is 16.4 Å². The quantitative estimate of drug-likeness (QED) is 0.341. The second kappa shape index (κ2) is 8.15. The van der Waals surface area contributed by atoms with Crippen LogP contribution in [0.2, 0.25) is 0 Å². The van der Waals surface area contributed by atoms with E-state index in [-0.39, 0.29) is 9.90 Å². The molecule has 0 atom stereocenters. The first-order valence-corrected chi connectivity index (χ1v) is 12.6. The third-order valence-corrected chi connectivity index (χ3v) is 8.25. The minimum Gasteiger partial charge on any atom is -0.384 e. The highest BCUT2D eigenvalue weighted by Crippen LogP contribution is 2.25. The van der Waals surface area contributed by atoms with Gasteiger partial charge in [0.25, 0.3) is 15.6 Å². The van der Waals surface area contributed by atoms with Gasteiger partial charge in [-0.3, -0.25) is 4.79 Å². The van der Waals surface area contributed by atoms with E-state index in [1.54, 1.807) is 25.1 Å². The zero-order chi connectivity index (χ0) is 24.0. The van der Waals surface area contributed by atoms with Gasteiger partial charge in [-0.15, -0.1) is 11.3 Å². The summed E-state index contributed by atoms with van der Waals surface area (Å²) in [6.07, 6.45) is 0.800. The number of benzene rings is 2. The lowest BCUT2D eigenvalue weighted by Crippen LogP contribution is -2.34. The van der Waals surface area contributed by atoms with E-state index in [2.05, 4.69) is 15.6 Å². The average Bonchev–Trinajstić information content (AvgIpc) is 3.42. The predicted molar refractivity (Wildman–Crippen MR) is 131 cm³/mol. The van der Waals surface area contributed by atoms with Crippen LogP contribution >= 0.6 is 11.3 Å². The van der Waals surface area contributed by atoms with E-state index in [4.69, 9.17) is 0 Å². The van der Waals surface area contributed by atoms with Gasteiger partial charge < -0.3 is 15.6 Å². The second-order valence-electron chi connectivity index (χ2n) is 7.77. The Bertz CT molecular complexity index is 1670. The van der Waals surface area contributed by atoms with Gasteiger partial charge in [-0.25, -0.2) is 27.3 Å². The van der Waals surface area contributed by atoms with Gasteiger partial charge in [-0.2, -0.15) is 0 Å². The summed E-state index contributed by atoms with van der Waals surface area (Å²) in [4.78, 5) is 41.5. The molecule has 0 aliphatic carbocycles. The number of aryl methyl sites for hydroxylation is 1. The van der Waals surface area contributed by atoms with Gasteiger partial charge in [0.15, 0.2) is 0 Å². The number of anilines is 2. The normalized spacial score (nSPS) is 12.9. The van der Waals surface area contributed by atoms with Crippen molar-refractivity contribution < 1.29 is 13.2 Å². The molecule has 34 heavy (non-hydrogen) atoms. The summed E-state index contributed by atoms with van der Waals surface area (Å²) in [7, 11) is -3.99. The number of hydrogen-bond donors (Lipinski definition) is 4. The Hall–Kier alpha value is -3.90. The topological polar surface area (TPSA) is 142 Å². The highest BCUT2D eigenvalue weighted by atomic mass is 32.2. The largest absolute Gasteiger partial charge is 0.384 e. The van der Waals surface area contributed by atoms with E-state index >= 15 is 0 Å². The first kappa shape index (κ1) is 21.9. The molecule has 2 aromatic heterocycles. The summed E-state index contributed by atoms with van der Waals surface area (Å²) in [5, 5.41) is 6.05. The molecule has 5 rings (SSSR count). The van der Waals surface area contributed by atoms with Gasteiger partial charge in [0.1, 0.15) is 4.21 Å². The fraction of sp³-hybridized carbons (Fsp3) is 0.136. The lowest BCUT2D eigenvalue weighted by Gasteiger charge is -2.10. The van der Waals surface area contributed by atoms with E-state index in [1.165, 1.54) is 30.3 Å². The van der Waals surface area contributed by atoms with Gasteiger partial charge in [-0.05, 0) is 67.4 Å². The minimum absolute atomic E-state index is 0.0341. The number of carbonyl (C=O) groups is 1. The maximum atomic E-state index is 13.1. The van der Waals surface area contributed by atoms with Crippen molar-refractivity contribution in [2.24, 2.45) is 0 Å². The third-order valence-electron chi connectivity index (χ3n) is 5.42. The van der Waals surface area contributed by atoms with Crippen molar-refractivity contribution in [3.05, 3.63) is 79.8 Å². The molecule has 0 saturated carbocycles. The van der Waals surface area contributed by atoms with Gasteiger partial charge >= 0.3 is 11.7 Å². The molecular formula is C22H19N5O5S2. The van der Waals surface area contributed by atoms with E-state index in [0.717, 1.165) is 45.0 Å². The Balaban J connectivity index is 1.39. The number of amides is 2. The van der Waals surface area contributed by atoms with Crippen LogP contribution in [0.1, 0.15) is 10.4 Å². The number of fused-ring (bicyclic) bond motifs is 2. The summed E-state index contributed by atoms with van der Waals surface area (Å²) in [6.45, 7) is 2.54. The smallest absolute Gasteiger partial charge is 0.333 e. The van der Waals surface area contributed by atoms with Gasteiger partial charge in [-0.1, -0.05) is 0 Å². The standard InChI is InChI=1S/C22H19N5O5S2/c1-12-2-7-19(33-12)34(31,32)26-21(29)24-14-3-5-15(6-4-14)27-20(28)16-10-13-8-9-23-17(13)11-18(16)25-22(27)30/h2-7,10-11,23H,8-9H2,1H3,(H,25,30)(H2,24,26,29). The summed E-state index contributed by atoms with van der Waals surface area (Å²) >= 11 is 1.05. The maximum absolute atomic E-state index is 13.1. The third kappa shape index (κ3) is 3.97. The Kier molecular flexibility index (Phi) is 5.25. The van der Waals surface area contributed by atoms with E-state index in [9.17, 15) is 22.8 Å². The monoisotopic (exact) mass is 497 g/mol. The molecule has 0 fully saturated rings. The summed E-state index contributed by atoms with van der Waals surface area (Å²) in [5.74, 6) is 0. The molecule has 3 heterocycles. The highest BCUT2D eigenvalue weighted by molar-refractivity contribution is 7.92. The zero-order valence-electron chi connectivity index (χ0n) is 17.8. The maximum Gasteiger partial charge on any atom is 0.333 e. The molecule has 0 saturated heterocycles. The number of carbonyl (C=O) groups excluding carboxylic acids is 1. The lowest BCUT2D eigenvalue weighted by atomic mass is 10.1. The molecular weight excluding hydrogens is 478 g/mol. The fourth-order valence-electron chi connectivity index (χ4n) is 3.83. The molecule has 174 valence electrons. The van der Waals surface area contributed by atoms with Crippen LogP contribution in [-0.4, -0.2) is 30.5 Å². The molecule has 0 radical (unpaired) electrons. The SMILES string of the molecule is Cc1ccc(S(=O)(=O)NC(=O)Nc2ccc(-n3c(=O)[nH]c4cc5c(cc4c3=O)CCN5)cc2)s1. The van der Waals surface area contributed by atoms with Crippen molar-refractivity contribution in [1.29, 1.82) is 0 Å². The first-order chi connectivity index (χ1) is 16.2. The predicted octanol–water partition coefficient (Wildman–Crippen LogP) is 2.53. The number of aromatic amines is 1. The molecule has 12 heteroatoms. The molecule has 0 unspecified atom stereocenters. The first-order valence-electron chi connectivity index (χ1n) is 10.3. The van der Waals surface area contributed by atoms with Gasteiger partial charge in [0.05, 0.1) is 16.6 Å².